The Kier molecular flexibility index (Phi) is 7.77. The molecule has 0 saturated carbocycles. The van der Waals surface area contributed by atoms with Crippen LogP contribution in [0.25, 0.3) is 11.2 Å². The maximum Gasteiger partial charge on any atom is 0.472 e. The van der Waals surface area contributed by atoms with Crippen molar-refractivity contribution in [2.24, 2.45) is 7.05 Å². The van der Waals surface area contributed by atoms with Gasteiger partial charge < -0.3 is 35.3 Å². The lowest BCUT2D eigenvalue weighted by atomic mass is 10.2. The van der Waals surface area contributed by atoms with Crippen LogP contribution < -0.4 is 17.0 Å². The van der Waals surface area contributed by atoms with Gasteiger partial charge in [-0.15, -0.1) is 0 Å². The van der Waals surface area contributed by atoms with Crippen molar-refractivity contribution in [1.82, 2.24) is 28.7 Å². The van der Waals surface area contributed by atoms with Gasteiger partial charge in [-0.2, -0.15) is 4.39 Å². The van der Waals surface area contributed by atoms with Crippen molar-refractivity contribution in [2.45, 2.75) is 49.7 Å². The number of nitrogen functional groups attached to an aromatic ring is 1. The van der Waals surface area contributed by atoms with Gasteiger partial charge in [-0.3, -0.25) is 27.5 Å². The van der Waals surface area contributed by atoms with Gasteiger partial charge in [0.1, 0.15) is 41.9 Å². The molecule has 3 unspecified atom stereocenters. The third-order valence-corrected chi connectivity index (χ3v) is 7.89. The van der Waals surface area contributed by atoms with E-state index >= 15 is 0 Å². The highest BCUT2D eigenvalue weighted by molar-refractivity contribution is 7.71. The predicted octanol–water partition coefficient (Wildman–Crippen LogP) is -0.799. The van der Waals surface area contributed by atoms with E-state index in [1.54, 1.807) is 4.57 Å². The molecule has 6 N–H and O–H groups in total. The number of phosphoric acid groups is 1. The first kappa shape index (κ1) is 28.7. The maximum absolute atomic E-state index is 13.9. The van der Waals surface area contributed by atoms with Crippen molar-refractivity contribution < 1.29 is 42.6 Å². The first-order valence-electron chi connectivity index (χ1n) is 11.8. The average Bonchev–Trinajstić information content (AvgIpc) is 3.60. The molecule has 0 aromatic carbocycles. The maximum atomic E-state index is 13.9. The molecule has 0 amide bonds. The Balaban J connectivity index is 1.24. The number of nitrogens with two attached hydrogens (primary N) is 1. The molecule has 218 valence electrons. The number of fused-ring (bicyclic) bond motifs is 1. The van der Waals surface area contributed by atoms with Gasteiger partial charge in [-0.25, -0.2) is 19.3 Å². The van der Waals surface area contributed by atoms with E-state index in [1.165, 1.54) is 6.33 Å². The second-order valence-corrected chi connectivity index (χ2v) is 11.0. The molecule has 5 rings (SSSR count). The second kappa shape index (κ2) is 10.8. The SMILES string of the molecule is Cn1c(=O)c(F)cn([C@H]2CC(OP(=O)(O)OC[C@H]3O[C@@H](n4cnc5c(=S)nc(N)[nH]c54)CC3O)[C@@H](CO)O2)c1=O. The molecule has 5 heterocycles. The Morgan fingerprint density at radius 3 is 2.70 bits per heavy atom. The monoisotopic (exact) mass is 605 g/mol. The fraction of sp³-hybridized carbons (Fsp3) is 0.550. The fourth-order valence-electron chi connectivity index (χ4n) is 4.58. The lowest BCUT2D eigenvalue weighted by Gasteiger charge is -2.21. The van der Waals surface area contributed by atoms with Crippen LogP contribution in [-0.4, -0.2) is 81.4 Å². The van der Waals surface area contributed by atoms with Gasteiger partial charge in [0.05, 0.1) is 31.8 Å². The largest absolute Gasteiger partial charge is 0.472 e. The first-order valence-corrected chi connectivity index (χ1v) is 13.7. The van der Waals surface area contributed by atoms with Gasteiger partial charge in [-0.1, -0.05) is 12.2 Å². The van der Waals surface area contributed by atoms with E-state index in [0.717, 1.165) is 11.6 Å². The van der Waals surface area contributed by atoms with Crippen LogP contribution in [0.15, 0.2) is 22.1 Å². The van der Waals surface area contributed by atoms with Crippen molar-refractivity contribution in [3.63, 3.8) is 0 Å². The van der Waals surface area contributed by atoms with Crippen molar-refractivity contribution in [3.05, 3.63) is 43.8 Å². The molecular weight excluding hydrogens is 580 g/mol. The fourth-order valence-corrected chi connectivity index (χ4v) is 5.79. The first-order chi connectivity index (χ1) is 18.9. The molecule has 17 nitrogen and oxygen atoms in total. The molecule has 0 aliphatic carbocycles. The number of ether oxygens (including phenoxy) is 2. The normalized spacial score (nSPS) is 28.3. The number of anilines is 1. The number of H-pyrrole nitrogens is 1. The number of phosphoric ester groups is 1. The molecule has 40 heavy (non-hydrogen) atoms. The van der Waals surface area contributed by atoms with Gasteiger partial charge in [0.15, 0.2) is 10.6 Å². The summed E-state index contributed by atoms with van der Waals surface area (Å²) in [6, 6.07) is 0. The molecule has 0 bridgehead atoms. The van der Waals surface area contributed by atoms with E-state index in [2.05, 4.69) is 15.0 Å². The van der Waals surface area contributed by atoms with Gasteiger partial charge in [0.2, 0.25) is 5.82 Å². The van der Waals surface area contributed by atoms with E-state index in [4.69, 9.17) is 36.5 Å². The summed E-state index contributed by atoms with van der Waals surface area (Å²) in [6.07, 6.45) is -4.63. The van der Waals surface area contributed by atoms with Crippen LogP contribution in [-0.2, 0) is 30.1 Å². The lowest BCUT2D eigenvalue weighted by molar-refractivity contribution is -0.0566. The average molecular weight is 605 g/mol. The summed E-state index contributed by atoms with van der Waals surface area (Å²) in [7, 11) is -3.75. The van der Waals surface area contributed by atoms with E-state index in [1.807, 2.05) is 0 Å². The highest BCUT2D eigenvalue weighted by atomic mass is 32.1. The number of aliphatic hydroxyl groups is 2. The van der Waals surface area contributed by atoms with E-state index < -0.39 is 75.0 Å². The minimum absolute atomic E-state index is 0.0571. The number of aromatic amines is 1. The number of aromatic nitrogens is 6. The number of nitrogens with zero attached hydrogens (tertiary/aromatic N) is 5. The summed E-state index contributed by atoms with van der Waals surface area (Å²) in [5, 5.41) is 20.2. The molecule has 20 heteroatoms. The van der Waals surface area contributed by atoms with Crippen LogP contribution in [0.3, 0.4) is 0 Å². The summed E-state index contributed by atoms with van der Waals surface area (Å²) in [6.45, 7) is -1.22. The van der Waals surface area contributed by atoms with E-state index in [9.17, 15) is 33.7 Å². The van der Waals surface area contributed by atoms with E-state index in [-0.39, 0.29) is 23.4 Å². The quantitative estimate of drug-likeness (QED) is 0.156. The number of hydrogen-bond acceptors (Lipinski definition) is 13. The second-order valence-electron chi connectivity index (χ2n) is 9.20. The minimum atomic E-state index is -4.82. The van der Waals surface area contributed by atoms with Gasteiger partial charge in [-0.05, 0) is 0 Å². The Hall–Kier alpha value is -2.87. The third-order valence-electron chi connectivity index (χ3n) is 6.59. The highest BCUT2D eigenvalue weighted by Crippen LogP contribution is 2.49. The zero-order valence-corrected chi connectivity index (χ0v) is 22.4. The molecule has 0 spiro atoms. The van der Waals surface area contributed by atoms with Crippen molar-refractivity contribution in [2.75, 3.05) is 18.9 Å². The Labute approximate surface area is 228 Å². The number of hydrogen-bond donors (Lipinski definition) is 5. The number of halogens is 1. The topological polar surface area (TPSA) is 231 Å². The van der Waals surface area contributed by atoms with Gasteiger partial charge in [0.25, 0.3) is 5.56 Å². The van der Waals surface area contributed by atoms with Gasteiger partial charge in [0, 0.05) is 19.9 Å². The van der Waals surface area contributed by atoms with Crippen LogP contribution in [0.1, 0.15) is 25.3 Å². The third kappa shape index (κ3) is 5.39. The summed E-state index contributed by atoms with van der Waals surface area (Å²) in [5.74, 6) is -1.16. The summed E-state index contributed by atoms with van der Waals surface area (Å²) >= 11 is 5.15. The Bertz CT molecular complexity index is 1660. The molecule has 3 aromatic heterocycles. The Morgan fingerprint density at radius 1 is 1.27 bits per heavy atom. The number of nitrogens with one attached hydrogen (secondary N) is 1. The summed E-state index contributed by atoms with van der Waals surface area (Å²) < 4.78 is 51.3. The molecule has 0 radical (unpaired) electrons. The molecule has 2 aliphatic rings. The standard InChI is InChI=1S/C20H25FN7O10PS/c1-26-18(31)8(21)4-27(20(26)32)14-3-10(11(5-29)36-14)38-39(33,34)35-6-12-9(30)2-13(37-12)28-7-23-15-16(28)24-19(22)25-17(15)40/h4,7,9-14,29-30H,2-3,5-6H2,1H3,(H,33,34)(H3,22,24,25,40)/t9?,10?,11-,12-,13-,14-/m1/s1. The van der Waals surface area contributed by atoms with Crippen molar-refractivity contribution >= 4 is 37.2 Å². The van der Waals surface area contributed by atoms with Crippen LogP contribution in [0.4, 0.5) is 10.3 Å². The summed E-state index contributed by atoms with van der Waals surface area (Å²) in [4.78, 5) is 45.3. The molecule has 2 aliphatic heterocycles. The number of aliphatic hydroxyl groups excluding tert-OH is 2. The van der Waals surface area contributed by atoms with E-state index in [0.29, 0.717) is 21.9 Å². The highest BCUT2D eigenvalue weighted by Gasteiger charge is 2.43. The molecule has 2 fully saturated rings. The number of rotatable bonds is 8. The zero-order valence-electron chi connectivity index (χ0n) is 20.7. The van der Waals surface area contributed by atoms with Crippen molar-refractivity contribution in [3.8, 4) is 0 Å². The molecule has 7 atom stereocenters. The van der Waals surface area contributed by atoms with Crippen molar-refractivity contribution in [1.29, 1.82) is 0 Å². The van der Waals surface area contributed by atoms with Crippen LogP contribution >= 0.6 is 20.0 Å². The number of imidazole rings is 1. The molecule has 2 saturated heterocycles. The molecular formula is C20H25FN7O10PS. The van der Waals surface area contributed by atoms with Gasteiger partial charge >= 0.3 is 13.5 Å². The predicted molar refractivity (Wildman–Crippen MR) is 134 cm³/mol. The molecule has 3 aromatic rings. The Morgan fingerprint density at radius 2 is 1.98 bits per heavy atom. The minimum Gasteiger partial charge on any atom is -0.394 e. The lowest BCUT2D eigenvalue weighted by Crippen LogP contribution is -2.40. The van der Waals surface area contributed by atoms with Crippen LogP contribution in [0, 0.1) is 10.5 Å². The zero-order chi connectivity index (χ0) is 28.9. The smallest absolute Gasteiger partial charge is 0.394 e. The summed E-state index contributed by atoms with van der Waals surface area (Å²) in [5.41, 5.74) is 4.48. The van der Waals surface area contributed by atoms with Crippen LogP contribution in [0.5, 0.6) is 0 Å². The van der Waals surface area contributed by atoms with Crippen LogP contribution in [0.2, 0.25) is 0 Å².